The predicted octanol–water partition coefficient (Wildman–Crippen LogP) is 1.93. The number of carbonyl (C=O) groups excluding carboxylic acids is 1. The van der Waals surface area contributed by atoms with Gasteiger partial charge in [0.15, 0.2) is 0 Å². The van der Waals surface area contributed by atoms with Crippen LogP contribution in [-0.4, -0.2) is 32.1 Å². The number of para-hydroxylation sites is 1. The zero-order valence-electron chi connectivity index (χ0n) is 9.28. The lowest BCUT2D eigenvalue weighted by atomic mass is 10.2. The highest BCUT2D eigenvalue weighted by Crippen LogP contribution is 2.15. The molecule has 2 amide bonds. The van der Waals surface area contributed by atoms with Crippen LogP contribution in [0.2, 0.25) is 0 Å². The lowest BCUT2D eigenvalue weighted by molar-refractivity contribution is 0.185. The van der Waals surface area contributed by atoms with Crippen LogP contribution >= 0.6 is 0 Å². The topological polar surface area (TPSA) is 41.6 Å². The van der Waals surface area contributed by atoms with Gasteiger partial charge in [-0.05, 0) is 6.07 Å². The summed E-state index contributed by atoms with van der Waals surface area (Å²) in [6.45, 7) is 0.490. The minimum absolute atomic E-state index is 0.140. The van der Waals surface area contributed by atoms with Crippen LogP contribution < -0.4 is 5.32 Å². The molecule has 1 aromatic rings. The normalized spacial score (nSPS) is 9.80. The van der Waals surface area contributed by atoms with Crippen LogP contribution in [0.15, 0.2) is 24.3 Å². The Labute approximate surface area is 89.8 Å². The molecule has 4 heteroatoms. The standard InChI is InChI=1S/C11H16N2O2/c1-13(2)11(14)12-10-7-5-4-6-9(10)8-15-3/h4-7H,8H2,1-3H3,(H,12,14). The number of benzene rings is 1. The summed E-state index contributed by atoms with van der Waals surface area (Å²) in [5.41, 5.74) is 1.76. The smallest absolute Gasteiger partial charge is 0.321 e. The predicted molar refractivity (Wildman–Crippen MR) is 59.9 cm³/mol. The molecule has 1 rings (SSSR count). The highest BCUT2D eigenvalue weighted by atomic mass is 16.5. The number of nitrogens with one attached hydrogen (secondary N) is 1. The number of amides is 2. The molecule has 15 heavy (non-hydrogen) atoms. The SMILES string of the molecule is COCc1ccccc1NC(=O)N(C)C. The fourth-order valence-corrected chi connectivity index (χ4v) is 1.15. The quantitative estimate of drug-likeness (QED) is 0.824. The summed E-state index contributed by atoms with van der Waals surface area (Å²) in [4.78, 5) is 12.9. The van der Waals surface area contributed by atoms with Crippen molar-refractivity contribution in [1.29, 1.82) is 0 Å². The van der Waals surface area contributed by atoms with Crippen LogP contribution in [0.5, 0.6) is 0 Å². The second-order valence-electron chi connectivity index (χ2n) is 3.41. The van der Waals surface area contributed by atoms with Gasteiger partial charge in [0, 0.05) is 32.5 Å². The van der Waals surface area contributed by atoms with Crippen molar-refractivity contribution in [2.75, 3.05) is 26.5 Å². The first-order valence-corrected chi connectivity index (χ1v) is 4.70. The lowest BCUT2D eigenvalue weighted by Gasteiger charge is -2.14. The van der Waals surface area contributed by atoms with Crippen molar-refractivity contribution >= 4 is 11.7 Å². The maximum atomic E-state index is 11.4. The van der Waals surface area contributed by atoms with Crippen LogP contribution in [-0.2, 0) is 11.3 Å². The monoisotopic (exact) mass is 208 g/mol. The average molecular weight is 208 g/mol. The molecule has 0 radical (unpaired) electrons. The van der Waals surface area contributed by atoms with E-state index in [-0.39, 0.29) is 6.03 Å². The van der Waals surface area contributed by atoms with E-state index in [1.165, 1.54) is 4.90 Å². The maximum absolute atomic E-state index is 11.4. The third-order valence-corrected chi connectivity index (χ3v) is 1.96. The van der Waals surface area contributed by atoms with Gasteiger partial charge in [-0.2, -0.15) is 0 Å². The molecule has 0 bridgehead atoms. The van der Waals surface area contributed by atoms with Gasteiger partial charge in [0.05, 0.1) is 6.61 Å². The third kappa shape index (κ3) is 3.25. The Morgan fingerprint density at radius 1 is 1.40 bits per heavy atom. The molecule has 0 aromatic heterocycles. The first-order valence-electron chi connectivity index (χ1n) is 4.70. The van der Waals surface area contributed by atoms with Gasteiger partial charge in [0.25, 0.3) is 0 Å². The van der Waals surface area contributed by atoms with Gasteiger partial charge in [0.2, 0.25) is 0 Å². The van der Waals surface area contributed by atoms with Gasteiger partial charge in [-0.3, -0.25) is 0 Å². The number of urea groups is 1. The Balaban J connectivity index is 2.79. The largest absolute Gasteiger partial charge is 0.380 e. The van der Waals surface area contributed by atoms with E-state index in [1.54, 1.807) is 21.2 Å². The Morgan fingerprint density at radius 3 is 2.67 bits per heavy atom. The molecule has 0 unspecified atom stereocenters. The van der Waals surface area contributed by atoms with Gasteiger partial charge in [-0.1, -0.05) is 18.2 Å². The minimum atomic E-state index is -0.140. The van der Waals surface area contributed by atoms with Gasteiger partial charge in [-0.25, -0.2) is 4.79 Å². The summed E-state index contributed by atoms with van der Waals surface area (Å²) >= 11 is 0. The van der Waals surface area contributed by atoms with Crippen molar-refractivity contribution in [3.8, 4) is 0 Å². The van der Waals surface area contributed by atoms with E-state index >= 15 is 0 Å². The Bertz CT molecular complexity index is 337. The van der Waals surface area contributed by atoms with Gasteiger partial charge < -0.3 is 15.0 Å². The Kier molecular flexibility index (Phi) is 4.12. The van der Waals surface area contributed by atoms with Gasteiger partial charge in [0.1, 0.15) is 0 Å². The molecular formula is C11H16N2O2. The number of nitrogens with zero attached hydrogens (tertiary/aromatic N) is 1. The number of ether oxygens (including phenoxy) is 1. The molecule has 0 saturated heterocycles. The molecule has 0 spiro atoms. The van der Waals surface area contributed by atoms with Crippen molar-refractivity contribution in [1.82, 2.24) is 4.90 Å². The van der Waals surface area contributed by atoms with Gasteiger partial charge >= 0.3 is 6.03 Å². The summed E-state index contributed by atoms with van der Waals surface area (Å²) in [7, 11) is 5.03. The summed E-state index contributed by atoms with van der Waals surface area (Å²) in [5.74, 6) is 0. The maximum Gasteiger partial charge on any atom is 0.321 e. The number of methoxy groups -OCH3 is 1. The summed E-state index contributed by atoms with van der Waals surface area (Å²) in [6, 6.07) is 7.44. The Morgan fingerprint density at radius 2 is 2.07 bits per heavy atom. The molecular weight excluding hydrogens is 192 g/mol. The van der Waals surface area contributed by atoms with E-state index < -0.39 is 0 Å². The van der Waals surface area contributed by atoms with Crippen LogP contribution in [0.1, 0.15) is 5.56 Å². The number of anilines is 1. The fraction of sp³-hybridized carbons (Fsp3) is 0.364. The molecule has 0 aliphatic carbocycles. The van der Waals surface area contributed by atoms with Gasteiger partial charge in [-0.15, -0.1) is 0 Å². The summed E-state index contributed by atoms with van der Waals surface area (Å²) in [5, 5.41) is 2.80. The highest BCUT2D eigenvalue weighted by molar-refractivity contribution is 5.89. The van der Waals surface area contributed by atoms with Crippen molar-refractivity contribution in [3.63, 3.8) is 0 Å². The van der Waals surface area contributed by atoms with E-state index in [0.717, 1.165) is 11.3 Å². The molecule has 82 valence electrons. The molecule has 0 aliphatic heterocycles. The zero-order chi connectivity index (χ0) is 11.3. The summed E-state index contributed by atoms with van der Waals surface area (Å²) < 4.78 is 5.05. The molecule has 4 nitrogen and oxygen atoms in total. The van der Waals surface area contributed by atoms with Crippen LogP contribution in [0.3, 0.4) is 0 Å². The summed E-state index contributed by atoms with van der Waals surface area (Å²) in [6.07, 6.45) is 0. The minimum Gasteiger partial charge on any atom is -0.380 e. The molecule has 0 saturated carbocycles. The van der Waals surface area contributed by atoms with E-state index in [1.807, 2.05) is 24.3 Å². The van der Waals surface area contributed by atoms with Crippen LogP contribution in [0, 0.1) is 0 Å². The molecule has 0 fully saturated rings. The van der Waals surface area contributed by atoms with E-state index in [9.17, 15) is 4.79 Å². The number of hydrogen-bond acceptors (Lipinski definition) is 2. The van der Waals surface area contributed by atoms with E-state index in [4.69, 9.17) is 4.74 Å². The van der Waals surface area contributed by atoms with Crippen LogP contribution in [0.25, 0.3) is 0 Å². The number of carbonyl (C=O) groups is 1. The second kappa shape index (κ2) is 5.36. The fourth-order valence-electron chi connectivity index (χ4n) is 1.15. The van der Waals surface area contributed by atoms with E-state index in [0.29, 0.717) is 6.61 Å². The molecule has 0 atom stereocenters. The van der Waals surface area contributed by atoms with Crippen molar-refractivity contribution in [3.05, 3.63) is 29.8 Å². The molecule has 0 aliphatic rings. The molecule has 0 heterocycles. The molecule has 1 N–H and O–H groups in total. The molecule has 1 aromatic carbocycles. The van der Waals surface area contributed by atoms with E-state index in [2.05, 4.69) is 5.32 Å². The number of rotatable bonds is 3. The highest BCUT2D eigenvalue weighted by Gasteiger charge is 2.06. The third-order valence-electron chi connectivity index (χ3n) is 1.96. The Hall–Kier alpha value is -1.55. The van der Waals surface area contributed by atoms with Crippen molar-refractivity contribution in [2.45, 2.75) is 6.61 Å². The second-order valence-corrected chi connectivity index (χ2v) is 3.41. The van der Waals surface area contributed by atoms with Crippen molar-refractivity contribution in [2.24, 2.45) is 0 Å². The lowest BCUT2D eigenvalue weighted by Crippen LogP contribution is -2.27. The first kappa shape index (κ1) is 11.5. The first-order chi connectivity index (χ1) is 7.15. The zero-order valence-corrected chi connectivity index (χ0v) is 9.28. The average Bonchev–Trinajstić information content (AvgIpc) is 2.21. The van der Waals surface area contributed by atoms with Crippen molar-refractivity contribution < 1.29 is 9.53 Å². The van der Waals surface area contributed by atoms with Crippen LogP contribution in [0.4, 0.5) is 10.5 Å². The number of hydrogen-bond donors (Lipinski definition) is 1.